The Morgan fingerprint density at radius 3 is 2.16 bits per heavy atom. The Bertz CT molecular complexity index is 411. The van der Waals surface area contributed by atoms with Crippen LogP contribution < -0.4 is 10.6 Å². The SMILES string of the molecule is NCc1cc(F)c(N2CCN(CCO)CC2)c(F)c1. The van der Waals surface area contributed by atoms with Crippen LogP contribution in [-0.4, -0.2) is 49.3 Å². The second kappa shape index (κ2) is 6.27. The monoisotopic (exact) mass is 271 g/mol. The van der Waals surface area contributed by atoms with Crippen LogP contribution in [0.15, 0.2) is 12.1 Å². The highest BCUT2D eigenvalue weighted by Crippen LogP contribution is 2.26. The molecule has 0 unspecified atom stereocenters. The van der Waals surface area contributed by atoms with E-state index < -0.39 is 11.6 Å². The molecule has 0 atom stereocenters. The maximum atomic E-state index is 13.9. The van der Waals surface area contributed by atoms with Gasteiger partial charge in [-0.3, -0.25) is 4.90 Å². The zero-order chi connectivity index (χ0) is 13.8. The number of benzene rings is 1. The predicted molar refractivity (Wildman–Crippen MR) is 70.0 cm³/mol. The second-order valence-electron chi connectivity index (χ2n) is 4.66. The van der Waals surface area contributed by atoms with Gasteiger partial charge in [0.2, 0.25) is 0 Å². The normalized spacial score (nSPS) is 16.9. The number of aliphatic hydroxyl groups is 1. The van der Waals surface area contributed by atoms with E-state index in [-0.39, 0.29) is 18.8 Å². The molecule has 1 aliphatic rings. The molecule has 106 valence electrons. The van der Waals surface area contributed by atoms with Crippen molar-refractivity contribution >= 4 is 5.69 Å². The van der Waals surface area contributed by atoms with Crippen LogP contribution in [0.25, 0.3) is 0 Å². The molecule has 0 radical (unpaired) electrons. The molecule has 0 bridgehead atoms. The molecule has 6 heteroatoms. The number of anilines is 1. The lowest BCUT2D eigenvalue weighted by atomic mass is 10.1. The van der Waals surface area contributed by atoms with Crippen LogP contribution in [0.3, 0.4) is 0 Å². The van der Waals surface area contributed by atoms with Crippen LogP contribution >= 0.6 is 0 Å². The lowest BCUT2D eigenvalue weighted by molar-refractivity contribution is 0.188. The van der Waals surface area contributed by atoms with E-state index in [1.54, 1.807) is 4.90 Å². The third kappa shape index (κ3) is 3.20. The summed E-state index contributed by atoms with van der Waals surface area (Å²) >= 11 is 0. The van der Waals surface area contributed by atoms with E-state index in [1.807, 2.05) is 0 Å². The van der Waals surface area contributed by atoms with Gasteiger partial charge in [-0.15, -0.1) is 0 Å². The minimum absolute atomic E-state index is 0.0286. The van der Waals surface area contributed by atoms with E-state index in [4.69, 9.17) is 10.8 Å². The van der Waals surface area contributed by atoms with Crippen LogP contribution in [0.4, 0.5) is 14.5 Å². The summed E-state index contributed by atoms with van der Waals surface area (Å²) in [5.74, 6) is -1.12. The summed E-state index contributed by atoms with van der Waals surface area (Å²) in [4.78, 5) is 3.78. The predicted octanol–water partition coefficient (Wildman–Crippen LogP) is 0.538. The zero-order valence-electron chi connectivity index (χ0n) is 10.8. The number of nitrogens with two attached hydrogens (primary N) is 1. The molecule has 3 N–H and O–H groups in total. The molecule has 1 saturated heterocycles. The molecule has 2 rings (SSSR count). The number of aliphatic hydroxyl groups excluding tert-OH is 1. The van der Waals surface area contributed by atoms with Gasteiger partial charge in [-0.2, -0.15) is 0 Å². The van der Waals surface area contributed by atoms with Gasteiger partial charge in [0.1, 0.15) is 17.3 Å². The first-order valence-corrected chi connectivity index (χ1v) is 6.42. The Labute approximate surface area is 111 Å². The quantitative estimate of drug-likeness (QED) is 0.839. The van der Waals surface area contributed by atoms with Crippen LogP contribution in [0.5, 0.6) is 0 Å². The van der Waals surface area contributed by atoms with Gasteiger partial charge < -0.3 is 15.7 Å². The fraction of sp³-hybridized carbons (Fsp3) is 0.538. The van der Waals surface area contributed by atoms with Gasteiger partial charge in [0.05, 0.1) is 6.61 Å². The molecular weight excluding hydrogens is 252 g/mol. The Balaban J connectivity index is 2.11. The van der Waals surface area contributed by atoms with E-state index in [0.717, 1.165) is 0 Å². The molecule has 1 aromatic rings. The van der Waals surface area contributed by atoms with Crippen molar-refractivity contribution in [2.75, 3.05) is 44.2 Å². The third-order valence-electron chi connectivity index (χ3n) is 3.42. The fourth-order valence-corrected chi connectivity index (χ4v) is 2.37. The highest BCUT2D eigenvalue weighted by molar-refractivity contribution is 5.51. The summed E-state index contributed by atoms with van der Waals surface area (Å²) in [6.45, 7) is 3.32. The number of β-amino-alcohol motifs (C(OH)–C–C–N with tert-alkyl or cyclic N) is 1. The van der Waals surface area contributed by atoms with E-state index in [0.29, 0.717) is 38.3 Å². The summed E-state index contributed by atoms with van der Waals surface area (Å²) in [6, 6.07) is 2.58. The Morgan fingerprint density at radius 1 is 1.11 bits per heavy atom. The molecule has 1 fully saturated rings. The lowest BCUT2D eigenvalue weighted by Crippen LogP contribution is -2.47. The van der Waals surface area contributed by atoms with Crippen molar-refractivity contribution in [1.29, 1.82) is 0 Å². The highest BCUT2D eigenvalue weighted by atomic mass is 19.1. The van der Waals surface area contributed by atoms with E-state index in [2.05, 4.69) is 4.90 Å². The van der Waals surface area contributed by atoms with Crippen molar-refractivity contribution in [2.24, 2.45) is 5.73 Å². The van der Waals surface area contributed by atoms with E-state index >= 15 is 0 Å². The standard InChI is InChI=1S/C13H19F2N3O/c14-11-7-10(9-16)8-12(15)13(11)18-3-1-17(2-4-18)5-6-19/h7-8,19H,1-6,9,16H2. The van der Waals surface area contributed by atoms with Crippen molar-refractivity contribution in [3.63, 3.8) is 0 Å². The topological polar surface area (TPSA) is 52.7 Å². The van der Waals surface area contributed by atoms with Crippen molar-refractivity contribution in [2.45, 2.75) is 6.54 Å². The first-order valence-electron chi connectivity index (χ1n) is 6.42. The summed E-state index contributed by atoms with van der Waals surface area (Å²) in [7, 11) is 0. The first-order chi connectivity index (χ1) is 9.15. The van der Waals surface area contributed by atoms with Crippen LogP contribution in [0.2, 0.25) is 0 Å². The van der Waals surface area contributed by atoms with Gasteiger partial charge >= 0.3 is 0 Å². The van der Waals surface area contributed by atoms with Crippen LogP contribution in [0, 0.1) is 11.6 Å². The Hall–Kier alpha value is -1.24. The Morgan fingerprint density at radius 2 is 1.68 bits per heavy atom. The highest BCUT2D eigenvalue weighted by Gasteiger charge is 2.22. The second-order valence-corrected chi connectivity index (χ2v) is 4.66. The molecule has 0 saturated carbocycles. The largest absolute Gasteiger partial charge is 0.395 e. The van der Waals surface area contributed by atoms with Crippen molar-refractivity contribution in [3.8, 4) is 0 Å². The molecule has 1 aliphatic heterocycles. The molecule has 1 aromatic carbocycles. The molecule has 0 spiro atoms. The van der Waals surface area contributed by atoms with Gasteiger partial charge in [0.25, 0.3) is 0 Å². The molecule has 1 heterocycles. The number of hydrogen-bond acceptors (Lipinski definition) is 4. The minimum Gasteiger partial charge on any atom is -0.395 e. The van der Waals surface area contributed by atoms with Gasteiger partial charge in [0, 0.05) is 39.3 Å². The number of nitrogens with zero attached hydrogens (tertiary/aromatic N) is 2. The van der Waals surface area contributed by atoms with Gasteiger partial charge in [-0.1, -0.05) is 0 Å². The molecule has 0 aliphatic carbocycles. The van der Waals surface area contributed by atoms with Gasteiger partial charge in [0.15, 0.2) is 0 Å². The smallest absolute Gasteiger partial charge is 0.149 e. The average molecular weight is 271 g/mol. The van der Waals surface area contributed by atoms with Gasteiger partial charge in [-0.25, -0.2) is 8.78 Å². The van der Waals surface area contributed by atoms with Crippen molar-refractivity contribution in [1.82, 2.24) is 4.90 Å². The van der Waals surface area contributed by atoms with Crippen LogP contribution in [0.1, 0.15) is 5.56 Å². The Kier molecular flexibility index (Phi) is 4.68. The van der Waals surface area contributed by atoms with Crippen molar-refractivity contribution < 1.29 is 13.9 Å². The summed E-state index contributed by atoms with van der Waals surface area (Å²) in [5, 5.41) is 8.86. The number of rotatable bonds is 4. The number of hydrogen-bond donors (Lipinski definition) is 2. The van der Waals surface area contributed by atoms with E-state index in [1.165, 1.54) is 12.1 Å². The number of halogens is 2. The maximum absolute atomic E-state index is 13.9. The fourth-order valence-electron chi connectivity index (χ4n) is 2.37. The molecule has 0 amide bonds. The lowest BCUT2D eigenvalue weighted by Gasteiger charge is -2.36. The van der Waals surface area contributed by atoms with Crippen LogP contribution in [-0.2, 0) is 6.54 Å². The molecule has 4 nitrogen and oxygen atoms in total. The molecule has 19 heavy (non-hydrogen) atoms. The van der Waals surface area contributed by atoms with Gasteiger partial charge in [-0.05, 0) is 17.7 Å². The average Bonchev–Trinajstić information content (AvgIpc) is 2.40. The summed E-state index contributed by atoms with van der Waals surface area (Å²) in [6.07, 6.45) is 0. The molecular formula is C13H19F2N3O. The summed E-state index contributed by atoms with van der Waals surface area (Å²) < 4.78 is 27.9. The van der Waals surface area contributed by atoms with E-state index in [9.17, 15) is 8.78 Å². The third-order valence-corrected chi connectivity index (χ3v) is 3.42. The maximum Gasteiger partial charge on any atom is 0.149 e. The minimum atomic E-state index is -0.559. The summed E-state index contributed by atoms with van der Waals surface area (Å²) in [5.41, 5.74) is 5.88. The zero-order valence-corrected chi connectivity index (χ0v) is 10.8. The van der Waals surface area contributed by atoms with Crippen molar-refractivity contribution in [3.05, 3.63) is 29.3 Å². The number of piperazine rings is 1. The first kappa shape index (κ1) is 14.2. The molecule has 0 aromatic heterocycles.